The van der Waals surface area contributed by atoms with E-state index in [1.54, 1.807) is 0 Å². The highest BCUT2D eigenvalue weighted by molar-refractivity contribution is 5.45. The summed E-state index contributed by atoms with van der Waals surface area (Å²) < 4.78 is 17.3. The van der Waals surface area contributed by atoms with E-state index in [9.17, 15) is 0 Å². The molecule has 1 aromatic carbocycles. The predicted octanol–water partition coefficient (Wildman–Crippen LogP) is 3.07. The van der Waals surface area contributed by atoms with Crippen LogP contribution in [0.2, 0.25) is 0 Å². The number of methoxy groups -OCH3 is 1. The molecule has 1 heterocycles. The molecule has 1 saturated carbocycles. The van der Waals surface area contributed by atoms with Gasteiger partial charge in [0.15, 0.2) is 11.5 Å². The van der Waals surface area contributed by atoms with E-state index >= 15 is 0 Å². The fraction of sp³-hybridized carbons (Fsp3) is 0.647. The third-order valence-electron chi connectivity index (χ3n) is 4.82. The van der Waals surface area contributed by atoms with Crippen molar-refractivity contribution in [3.63, 3.8) is 0 Å². The molecule has 0 aromatic heterocycles. The van der Waals surface area contributed by atoms with E-state index < -0.39 is 0 Å². The van der Waals surface area contributed by atoms with Crippen molar-refractivity contribution in [1.82, 2.24) is 5.32 Å². The van der Waals surface area contributed by atoms with Gasteiger partial charge in [0.25, 0.3) is 0 Å². The summed E-state index contributed by atoms with van der Waals surface area (Å²) in [6.07, 6.45) is 5.97. The zero-order valence-corrected chi connectivity index (χ0v) is 13.0. The molecule has 0 amide bonds. The van der Waals surface area contributed by atoms with Crippen LogP contribution in [0.25, 0.3) is 0 Å². The van der Waals surface area contributed by atoms with Gasteiger partial charge in [-0.3, -0.25) is 0 Å². The zero-order chi connectivity index (χ0) is 14.7. The van der Waals surface area contributed by atoms with E-state index in [0.29, 0.717) is 13.2 Å². The Bertz CT molecular complexity index is 483. The minimum absolute atomic E-state index is 0.114. The molecule has 0 spiro atoms. The quantitative estimate of drug-likeness (QED) is 0.925. The Morgan fingerprint density at radius 2 is 1.81 bits per heavy atom. The maximum Gasteiger partial charge on any atom is 0.161 e. The molecule has 1 aromatic rings. The highest BCUT2D eigenvalue weighted by atomic mass is 16.6. The Hall–Kier alpha value is -1.26. The highest BCUT2D eigenvalue weighted by Gasteiger charge is 2.40. The summed E-state index contributed by atoms with van der Waals surface area (Å²) in [5, 5.41) is 3.47. The van der Waals surface area contributed by atoms with Crippen LogP contribution in [0.4, 0.5) is 0 Å². The number of hydrogen-bond donors (Lipinski definition) is 1. The number of fused-ring (bicyclic) bond motifs is 1. The number of likely N-dealkylation sites (N-methyl/N-ethyl adjacent to an activating group) is 1. The SMILES string of the molecule is CNC(c1ccc2c(c1)OCCO2)C1(OC)CCCCC1. The Morgan fingerprint density at radius 3 is 2.48 bits per heavy atom. The molecule has 116 valence electrons. The topological polar surface area (TPSA) is 39.7 Å². The molecule has 4 heteroatoms. The average Bonchev–Trinajstić information content (AvgIpc) is 2.56. The second kappa shape index (κ2) is 6.24. The maximum absolute atomic E-state index is 6.00. The molecule has 0 radical (unpaired) electrons. The van der Waals surface area contributed by atoms with Gasteiger partial charge in [-0.1, -0.05) is 25.3 Å². The van der Waals surface area contributed by atoms with Crippen molar-refractivity contribution in [2.45, 2.75) is 43.7 Å². The fourth-order valence-corrected chi connectivity index (χ4v) is 3.73. The Morgan fingerprint density at radius 1 is 1.10 bits per heavy atom. The third-order valence-corrected chi connectivity index (χ3v) is 4.82. The molecule has 0 bridgehead atoms. The molecule has 3 rings (SSSR count). The summed E-state index contributed by atoms with van der Waals surface area (Å²) in [6, 6.07) is 6.42. The van der Waals surface area contributed by atoms with Crippen LogP contribution in [0.3, 0.4) is 0 Å². The number of ether oxygens (including phenoxy) is 3. The number of benzene rings is 1. The first kappa shape index (κ1) is 14.7. The molecular weight excluding hydrogens is 266 g/mol. The highest BCUT2D eigenvalue weighted by Crippen LogP contribution is 2.43. The lowest BCUT2D eigenvalue weighted by molar-refractivity contribution is -0.0672. The lowest BCUT2D eigenvalue weighted by atomic mass is 9.76. The standard InChI is InChI=1S/C17H25NO3/c1-18-16(17(19-2)8-4-3-5-9-17)13-6-7-14-15(12-13)21-11-10-20-14/h6-7,12,16,18H,3-5,8-11H2,1-2H3. The summed E-state index contributed by atoms with van der Waals surface area (Å²) in [7, 11) is 3.85. The minimum atomic E-state index is -0.114. The minimum Gasteiger partial charge on any atom is -0.486 e. The van der Waals surface area contributed by atoms with Crippen LogP contribution in [-0.4, -0.2) is 33.0 Å². The number of nitrogens with one attached hydrogen (secondary N) is 1. The zero-order valence-electron chi connectivity index (χ0n) is 13.0. The summed E-state index contributed by atoms with van der Waals surface area (Å²) in [5.74, 6) is 1.69. The van der Waals surface area contributed by atoms with Gasteiger partial charge >= 0.3 is 0 Å². The molecular formula is C17H25NO3. The van der Waals surface area contributed by atoms with E-state index in [2.05, 4.69) is 17.4 Å². The normalized spacial score (nSPS) is 21.8. The molecule has 1 N–H and O–H groups in total. The van der Waals surface area contributed by atoms with Gasteiger partial charge in [0.1, 0.15) is 13.2 Å². The molecule has 1 aliphatic heterocycles. The van der Waals surface area contributed by atoms with Crippen molar-refractivity contribution in [2.24, 2.45) is 0 Å². The van der Waals surface area contributed by atoms with Gasteiger partial charge in [-0.15, -0.1) is 0 Å². The van der Waals surface area contributed by atoms with Crippen LogP contribution in [0.5, 0.6) is 11.5 Å². The van der Waals surface area contributed by atoms with Gasteiger partial charge in [-0.05, 0) is 37.6 Å². The lowest BCUT2D eigenvalue weighted by Crippen LogP contribution is -2.46. The molecule has 0 saturated heterocycles. The van der Waals surface area contributed by atoms with E-state index in [4.69, 9.17) is 14.2 Å². The van der Waals surface area contributed by atoms with E-state index in [-0.39, 0.29) is 11.6 Å². The summed E-state index contributed by atoms with van der Waals surface area (Å²) in [4.78, 5) is 0. The average molecular weight is 291 g/mol. The van der Waals surface area contributed by atoms with Crippen LogP contribution in [0.1, 0.15) is 43.7 Å². The molecule has 1 fully saturated rings. The van der Waals surface area contributed by atoms with Crippen molar-refractivity contribution in [3.8, 4) is 11.5 Å². The Kier molecular flexibility index (Phi) is 4.36. The van der Waals surface area contributed by atoms with Gasteiger partial charge < -0.3 is 19.5 Å². The van der Waals surface area contributed by atoms with E-state index in [0.717, 1.165) is 24.3 Å². The first-order chi connectivity index (χ1) is 10.3. The summed E-state index contributed by atoms with van der Waals surface area (Å²) in [6.45, 7) is 1.25. The van der Waals surface area contributed by atoms with Gasteiger partial charge in [0.05, 0.1) is 11.6 Å². The van der Waals surface area contributed by atoms with Crippen molar-refractivity contribution in [3.05, 3.63) is 23.8 Å². The van der Waals surface area contributed by atoms with Gasteiger partial charge in [-0.25, -0.2) is 0 Å². The van der Waals surface area contributed by atoms with Crippen molar-refractivity contribution in [2.75, 3.05) is 27.4 Å². The Balaban J connectivity index is 1.91. The monoisotopic (exact) mass is 291 g/mol. The van der Waals surface area contributed by atoms with Crippen LogP contribution < -0.4 is 14.8 Å². The van der Waals surface area contributed by atoms with Crippen LogP contribution in [0, 0.1) is 0 Å². The van der Waals surface area contributed by atoms with Gasteiger partial charge in [0.2, 0.25) is 0 Å². The molecule has 4 nitrogen and oxygen atoms in total. The second-order valence-electron chi connectivity index (χ2n) is 5.95. The van der Waals surface area contributed by atoms with E-state index in [1.165, 1.54) is 24.8 Å². The van der Waals surface area contributed by atoms with Crippen LogP contribution in [0.15, 0.2) is 18.2 Å². The fourth-order valence-electron chi connectivity index (χ4n) is 3.73. The van der Waals surface area contributed by atoms with Gasteiger partial charge in [0, 0.05) is 7.11 Å². The van der Waals surface area contributed by atoms with Crippen molar-refractivity contribution < 1.29 is 14.2 Å². The molecule has 1 atom stereocenters. The van der Waals surface area contributed by atoms with Crippen LogP contribution in [-0.2, 0) is 4.74 Å². The van der Waals surface area contributed by atoms with Crippen molar-refractivity contribution >= 4 is 0 Å². The largest absolute Gasteiger partial charge is 0.486 e. The lowest BCUT2D eigenvalue weighted by Gasteiger charge is -2.42. The number of hydrogen-bond acceptors (Lipinski definition) is 4. The second-order valence-corrected chi connectivity index (χ2v) is 5.95. The molecule has 2 aliphatic rings. The first-order valence-electron chi connectivity index (χ1n) is 7.91. The van der Waals surface area contributed by atoms with Gasteiger partial charge in [-0.2, -0.15) is 0 Å². The molecule has 1 unspecified atom stereocenters. The van der Waals surface area contributed by atoms with E-state index in [1.807, 2.05) is 20.2 Å². The smallest absolute Gasteiger partial charge is 0.161 e. The number of rotatable bonds is 4. The predicted molar refractivity (Wildman–Crippen MR) is 82.1 cm³/mol. The maximum atomic E-state index is 6.00. The van der Waals surface area contributed by atoms with Crippen LogP contribution >= 0.6 is 0 Å². The third kappa shape index (κ3) is 2.74. The first-order valence-corrected chi connectivity index (χ1v) is 7.91. The molecule has 21 heavy (non-hydrogen) atoms. The summed E-state index contributed by atoms with van der Waals surface area (Å²) in [5.41, 5.74) is 1.10. The van der Waals surface area contributed by atoms with Crippen molar-refractivity contribution in [1.29, 1.82) is 0 Å². The summed E-state index contributed by atoms with van der Waals surface area (Å²) >= 11 is 0. The Labute approximate surface area is 126 Å². The molecule has 1 aliphatic carbocycles.